The zero-order valence-corrected chi connectivity index (χ0v) is 14.1. The van der Waals surface area contributed by atoms with Crippen molar-refractivity contribution in [3.8, 4) is 0 Å². The summed E-state index contributed by atoms with van der Waals surface area (Å²) in [5.74, 6) is -2.60. The fourth-order valence-corrected chi connectivity index (χ4v) is 3.34. The molecule has 5 N–H and O–H groups in total. The van der Waals surface area contributed by atoms with E-state index in [0.29, 0.717) is 0 Å². The van der Waals surface area contributed by atoms with E-state index in [1.165, 1.54) is 0 Å². The normalized spacial score (nSPS) is 51.1. The molecule has 8 nitrogen and oxygen atoms in total. The van der Waals surface area contributed by atoms with E-state index in [2.05, 4.69) is 0 Å². The van der Waals surface area contributed by atoms with Crippen LogP contribution in [-0.2, 0) is 14.2 Å². The summed E-state index contributed by atoms with van der Waals surface area (Å²) >= 11 is 17.1. The van der Waals surface area contributed by atoms with Crippen molar-refractivity contribution in [1.29, 1.82) is 0 Å². The van der Waals surface area contributed by atoms with Crippen molar-refractivity contribution in [1.82, 2.24) is 0 Å². The molecule has 0 aromatic carbocycles. The first kappa shape index (κ1) is 19.9. The van der Waals surface area contributed by atoms with E-state index in [0.717, 1.165) is 0 Å². The first-order valence-corrected chi connectivity index (χ1v) is 8.51. The van der Waals surface area contributed by atoms with E-state index in [1.807, 2.05) is 0 Å². The van der Waals surface area contributed by atoms with Crippen LogP contribution in [0.5, 0.6) is 0 Å². The van der Waals surface area contributed by atoms with Gasteiger partial charge in [-0.15, -0.1) is 34.8 Å². The SMILES string of the molecule is O[C@H]1[C@@H](O)[C@@H](CCl)O[C@H](O[C@]2(CCl)O[C@H](CCl)[C@@H](O)[C@@H]2O)[C@@H]1O. The summed E-state index contributed by atoms with van der Waals surface area (Å²) in [6.45, 7) is 0. The van der Waals surface area contributed by atoms with Crippen LogP contribution >= 0.6 is 34.8 Å². The smallest absolute Gasteiger partial charge is 0.214 e. The second-order valence-electron chi connectivity index (χ2n) is 5.48. The first-order chi connectivity index (χ1) is 10.8. The van der Waals surface area contributed by atoms with Crippen molar-refractivity contribution in [2.24, 2.45) is 0 Å². The highest BCUT2D eigenvalue weighted by Crippen LogP contribution is 2.37. The minimum Gasteiger partial charge on any atom is -0.388 e. The van der Waals surface area contributed by atoms with E-state index in [4.69, 9.17) is 49.0 Å². The standard InChI is InChI=1S/C12H19Cl3O8/c13-1-4-6(16)8(18)9(19)11(21-4)23-12(3-15)10(20)7(17)5(2-14)22-12/h4-11,16-20H,1-3H2/t4-,5-,6+,7-,8+,9-,10+,11-,12+/m1/s1. The monoisotopic (exact) mass is 396 g/mol. The molecule has 0 amide bonds. The lowest BCUT2D eigenvalue weighted by atomic mass is 9.99. The van der Waals surface area contributed by atoms with Crippen molar-refractivity contribution < 1.29 is 39.7 Å². The Labute approximate surface area is 147 Å². The molecule has 11 heteroatoms. The maximum Gasteiger partial charge on any atom is 0.214 e. The topological polar surface area (TPSA) is 129 Å². The molecule has 2 fully saturated rings. The van der Waals surface area contributed by atoms with Crippen molar-refractivity contribution in [3.05, 3.63) is 0 Å². The Morgan fingerprint density at radius 1 is 0.826 bits per heavy atom. The predicted octanol–water partition coefficient (Wildman–Crippen LogP) is -1.66. The number of hydrogen-bond donors (Lipinski definition) is 5. The molecule has 0 aromatic rings. The Hall–Kier alpha value is 0.550. The van der Waals surface area contributed by atoms with Crippen LogP contribution in [0.3, 0.4) is 0 Å². The number of aliphatic hydroxyl groups is 5. The Bertz CT molecular complexity index is 403. The molecule has 0 aliphatic carbocycles. The zero-order chi connectivity index (χ0) is 17.4. The minimum absolute atomic E-state index is 0.125. The van der Waals surface area contributed by atoms with Gasteiger partial charge < -0.3 is 39.7 Å². The van der Waals surface area contributed by atoms with Crippen molar-refractivity contribution >= 4 is 34.8 Å². The number of aliphatic hydroxyl groups excluding tert-OH is 5. The summed E-state index contributed by atoms with van der Waals surface area (Å²) in [5, 5.41) is 49.6. The van der Waals surface area contributed by atoms with Crippen molar-refractivity contribution in [3.63, 3.8) is 0 Å². The average molecular weight is 398 g/mol. The van der Waals surface area contributed by atoms with E-state index in [9.17, 15) is 25.5 Å². The van der Waals surface area contributed by atoms with Crippen LogP contribution in [0.2, 0.25) is 0 Å². The van der Waals surface area contributed by atoms with Gasteiger partial charge in [0.1, 0.15) is 42.7 Å². The third kappa shape index (κ3) is 3.58. The van der Waals surface area contributed by atoms with Crippen LogP contribution in [0.15, 0.2) is 0 Å². The maximum atomic E-state index is 10.1. The molecular formula is C12H19Cl3O8. The molecule has 2 rings (SSSR count). The van der Waals surface area contributed by atoms with Crippen molar-refractivity contribution in [2.75, 3.05) is 17.6 Å². The summed E-state index contributed by atoms with van der Waals surface area (Å²) in [5.41, 5.74) is 0. The second-order valence-corrected chi connectivity index (χ2v) is 6.36. The number of halogens is 3. The van der Waals surface area contributed by atoms with Gasteiger partial charge in [-0.05, 0) is 0 Å². The van der Waals surface area contributed by atoms with Crippen LogP contribution < -0.4 is 0 Å². The van der Waals surface area contributed by atoms with Gasteiger partial charge in [0.25, 0.3) is 0 Å². The lowest BCUT2D eigenvalue weighted by Crippen LogP contribution is -2.62. The van der Waals surface area contributed by atoms with Gasteiger partial charge in [0, 0.05) is 0 Å². The Morgan fingerprint density at radius 2 is 1.43 bits per heavy atom. The van der Waals surface area contributed by atoms with Gasteiger partial charge in [-0.3, -0.25) is 0 Å². The minimum atomic E-state index is -1.90. The Balaban J connectivity index is 2.18. The molecule has 2 aliphatic rings. The van der Waals surface area contributed by atoms with E-state index < -0.39 is 60.7 Å². The largest absolute Gasteiger partial charge is 0.388 e. The zero-order valence-electron chi connectivity index (χ0n) is 11.8. The molecule has 2 saturated heterocycles. The molecule has 23 heavy (non-hydrogen) atoms. The summed E-state index contributed by atoms with van der Waals surface area (Å²) in [6, 6.07) is 0. The van der Waals surface area contributed by atoms with E-state index in [-0.39, 0.29) is 11.8 Å². The van der Waals surface area contributed by atoms with Gasteiger partial charge >= 0.3 is 0 Å². The Morgan fingerprint density at radius 3 is 1.91 bits per heavy atom. The third-order valence-electron chi connectivity index (χ3n) is 3.98. The molecule has 0 radical (unpaired) electrons. The summed E-state index contributed by atoms with van der Waals surface area (Å²) in [4.78, 5) is 0. The van der Waals surface area contributed by atoms with E-state index in [1.54, 1.807) is 0 Å². The lowest BCUT2D eigenvalue weighted by Gasteiger charge is -2.43. The van der Waals surface area contributed by atoms with Crippen LogP contribution in [0, 0.1) is 0 Å². The van der Waals surface area contributed by atoms with Crippen LogP contribution in [0.4, 0.5) is 0 Å². The fourth-order valence-electron chi connectivity index (χ4n) is 2.56. The molecule has 0 aromatic heterocycles. The number of alkyl halides is 3. The molecule has 9 atom stereocenters. The summed E-state index contributed by atoms with van der Waals surface area (Å²) in [7, 11) is 0. The number of ether oxygens (including phenoxy) is 3. The van der Waals surface area contributed by atoms with E-state index >= 15 is 0 Å². The Kier molecular flexibility index (Phi) is 6.77. The molecule has 2 heterocycles. The highest BCUT2D eigenvalue weighted by molar-refractivity contribution is 6.19. The predicted molar refractivity (Wildman–Crippen MR) is 79.5 cm³/mol. The van der Waals surface area contributed by atoms with Gasteiger partial charge in [-0.2, -0.15) is 0 Å². The highest BCUT2D eigenvalue weighted by Gasteiger charge is 2.58. The fraction of sp³-hybridized carbons (Fsp3) is 1.00. The molecule has 0 unspecified atom stereocenters. The quantitative estimate of drug-likeness (QED) is 0.349. The molecule has 0 bridgehead atoms. The van der Waals surface area contributed by atoms with Gasteiger partial charge in [0.2, 0.25) is 5.79 Å². The van der Waals surface area contributed by atoms with Gasteiger partial charge in [-0.1, -0.05) is 0 Å². The molecule has 136 valence electrons. The van der Waals surface area contributed by atoms with Gasteiger partial charge in [0.15, 0.2) is 6.29 Å². The number of hydrogen-bond acceptors (Lipinski definition) is 8. The second kappa shape index (κ2) is 7.84. The van der Waals surface area contributed by atoms with Crippen LogP contribution in [0.1, 0.15) is 0 Å². The van der Waals surface area contributed by atoms with Crippen LogP contribution in [-0.4, -0.2) is 98.0 Å². The lowest BCUT2D eigenvalue weighted by molar-refractivity contribution is -0.366. The van der Waals surface area contributed by atoms with Crippen molar-refractivity contribution in [2.45, 2.75) is 54.8 Å². The summed E-state index contributed by atoms with van der Waals surface area (Å²) < 4.78 is 16.1. The number of rotatable bonds is 5. The van der Waals surface area contributed by atoms with Crippen LogP contribution in [0.25, 0.3) is 0 Å². The van der Waals surface area contributed by atoms with Gasteiger partial charge in [0.05, 0.1) is 17.6 Å². The maximum absolute atomic E-state index is 10.1. The first-order valence-electron chi connectivity index (χ1n) is 6.90. The molecule has 2 aliphatic heterocycles. The molecular weight excluding hydrogens is 378 g/mol. The molecule has 0 saturated carbocycles. The summed E-state index contributed by atoms with van der Waals surface area (Å²) in [6.07, 6.45) is -11.0. The van der Waals surface area contributed by atoms with Gasteiger partial charge in [-0.25, -0.2) is 0 Å². The molecule has 0 spiro atoms. The average Bonchev–Trinajstić information content (AvgIpc) is 2.80. The third-order valence-corrected chi connectivity index (χ3v) is 4.96. The highest BCUT2D eigenvalue weighted by atomic mass is 35.5.